The molecule has 0 unspecified atom stereocenters. The molecule has 3 nitrogen and oxygen atoms in total. The molecule has 2 aliphatic rings. The van der Waals surface area contributed by atoms with Gasteiger partial charge in [0.05, 0.1) is 18.6 Å². The van der Waals surface area contributed by atoms with Gasteiger partial charge in [-0.25, -0.2) is 0 Å². The van der Waals surface area contributed by atoms with Crippen LogP contribution in [0.25, 0.3) is 0 Å². The number of esters is 1. The first-order chi connectivity index (χ1) is 9.49. The lowest BCUT2D eigenvalue weighted by atomic mass is 9.46. The number of carbonyl (C=O) groups is 1. The number of hydrogen-bond donors (Lipinski definition) is 0. The second-order valence-corrected chi connectivity index (χ2v) is 13.5. The summed E-state index contributed by atoms with van der Waals surface area (Å²) < 4.78 is 12.0. The van der Waals surface area contributed by atoms with Gasteiger partial charge in [-0.15, -0.1) is 0 Å². The van der Waals surface area contributed by atoms with Crippen molar-refractivity contribution in [2.24, 2.45) is 11.3 Å². The molecular weight excluding hydrogens is 280 g/mol. The van der Waals surface area contributed by atoms with Gasteiger partial charge >= 0.3 is 5.97 Å². The highest BCUT2D eigenvalue weighted by Crippen LogP contribution is 2.65. The van der Waals surface area contributed by atoms with Crippen LogP contribution in [-0.4, -0.2) is 27.0 Å². The van der Waals surface area contributed by atoms with Gasteiger partial charge in [0.25, 0.3) is 0 Å². The molecule has 0 spiro atoms. The van der Waals surface area contributed by atoms with E-state index in [-0.39, 0.29) is 27.9 Å². The summed E-state index contributed by atoms with van der Waals surface area (Å²) in [6, 6.07) is 0. The molecule has 0 aromatic carbocycles. The smallest absolute Gasteiger partial charge is 0.311 e. The summed E-state index contributed by atoms with van der Waals surface area (Å²) in [5.41, 5.74) is -0.124. The Kier molecular flexibility index (Phi) is 4.12. The van der Waals surface area contributed by atoms with Gasteiger partial charge in [0.2, 0.25) is 0 Å². The third kappa shape index (κ3) is 2.48. The first-order valence-electron chi connectivity index (χ1n) is 8.27. The van der Waals surface area contributed by atoms with Crippen molar-refractivity contribution in [1.29, 1.82) is 0 Å². The molecule has 0 aliphatic heterocycles. The fourth-order valence-electron chi connectivity index (χ4n) is 4.04. The highest BCUT2D eigenvalue weighted by molar-refractivity contribution is 6.74. The predicted molar refractivity (Wildman–Crippen MR) is 87.7 cm³/mol. The lowest BCUT2D eigenvalue weighted by molar-refractivity contribution is -0.228. The summed E-state index contributed by atoms with van der Waals surface area (Å²) in [6.07, 6.45) is 5.53. The average Bonchev–Trinajstić information content (AvgIpc) is 2.35. The Hall–Kier alpha value is -0.353. The van der Waals surface area contributed by atoms with Crippen molar-refractivity contribution < 1.29 is 14.0 Å². The van der Waals surface area contributed by atoms with E-state index >= 15 is 0 Å². The van der Waals surface area contributed by atoms with Crippen molar-refractivity contribution in [2.45, 2.75) is 83.5 Å². The molecule has 4 heteroatoms. The van der Waals surface area contributed by atoms with E-state index in [0.29, 0.717) is 0 Å². The minimum Gasteiger partial charge on any atom is -0.469 e. The van der Waals surface area contributed by atoms with Gasteiger partial charge in [0, 0.05) is 0 Å². The first kappa shape index (κ1) is 17.0. The van der Waals surface area contributed by atoms with Gasteiger partial charge in [-0.05, 0) is 42.8 Å². The second kappa shape index (κ2) is 5.09. The average molecular weight is 313 g/mol. The molecule has 0 radical (unpaired) electrons. The number of ether oxygens (including phenoxy) is 1. The number of hydrogen-bond acceptors (Lipinski definition) is 3. The van der Waals surface area contributed by atoms with E-state index in [1.807, 2.05) is 0 Å². The summed E-state index contributed by atoms with van der Waals surface area (Å²) in [5, 5.41) is 0.163. The molecule has 0 N–H and O–H groups in total. The van der Waals surface area contributed by atoms with E-state index < -0.39 is 8.32 Å². The van der Waals surface area contributed by atoms with Crippen molar-refractivity contribution in [3.05, 3.63) is 0 Å². The number of fused-ring (bicyclic) bond motifs is 1. The third-order valence-corrected chi connectivity index (χ3v) is 11.0. The molecule has 2 aliphatic carbocycles. The Bertz CT molecular complexity index is 426. The Morgan fingerprint density at radius 3 is 2.24 bits per heavy atom. The number of methoxy groups -OCH3 is 1. The van der Waals surface area contributed by atoms with Gasteiger partial charge in [-0.2, -0.15) is 0 Å². The molecule has 122 valence electrons. The molecule has 0 saturated heterocycles. The van der Waals surface area contributed by atoms with Crippen LogP contribution in [0.2, 0.25) is 18.1 Å². The SMILES string of the molecule is COC(=O)[C@H]1C[C@]2(C)CCCC[C@]12O[Si](C)(C)C(C)(C)C. The van der Waals surface area contributed by atoms with Crippen LogP contribution in [-0.2, 0) is 14.0 Å². The summed E-state index contributed by atoms with van der Waals surface area (Å²) in [5.74, 6) is -0.144. The first-order valence-corrected chi connectivity index (χ1v) is 11.2. The largest absolute Gasteiger partial charge is 0.469 e. The molecule has 0 amide bonds. The molecule has 0 bridgehead atoms. The van der Waals surface area contributed by atoms with E-state index in [1.54, 1.807) is 0 Å². The van der Waals surface area contributed by atoms with Gasteiger partial charge < -0.3 is 9.16 Å². The van der Waals surface area contributed by atoms with Gasteiger partial charge in [-0.3, -0.25) is 4.79 Å². The summed E-state index contributed by atoms with van der Waals surface area (Å²) in [4.78, 5) is 12.2. The molecule has 0 heterocycles. The Morgan fingerprint density at radius 1 is 1.19 bits per heavy atom. The lowest BCUT2D eigenvalue weighted by Crippen LogP contribution is -2.71. The normalized spacial score (nSPS) is 36.6. The van der Waals surface area contributed by atoms with Gasteiger partial charge in [-0.1, -0.05) is 40.5 Å². The lowest BCUT2D eigenvalue weighted by Gasteiger charge is -2.66. The van der Waals surface area contributed by atoms with Gasteiger partial charge in [0.1, 0.15) is 0 Å². The highest BCUT2D eigenvalue weighted by Gasteiger charge is 2.68. The van der Waals surface area contributed by atoms with Crippen molar-refractivity contribution in [2.75, 3.05) is 7.11 Å². The second-order valence-electron chi connectivity index (χ2n) is 8.80. The summed E-state index contributed by atoms with van der Waals surface area (Å²) in [7, 11) is -0.410. The Morgan fingerprint density at radius 2 is 1.76 bits per heavy atom. The third-order valence-electron chi connectivity index (χ3n) is 6.50. The van der Waals surface area contributed by atoms with Crippen LogP contribution >= 0.6 is 0 Å². The maximum Gasteiger partial charge on any atom is 0.311 e. The van der Waals surface area contributed by atoms with Crippen LogP contribution in [0.15, 0.2) is 0 Å². The van der Waals surface area contributed by atoms with Crippen molar-refractivity contribution in [3.63, 3.8) is 0 Å². The molecule has 2 saturated carbocycles. The maximum absolute atomic E-state index is 12.2. The summed E-state index contributed by atoms with van der Waals surface area (Å²) >= 11 is 0. The Balaban J connectivity index is 2.35. The molecule has 21 heavy (non-hydrogen) atoms. The molecular formula is C17H32O3Si. The van der Waals surface area contributed by atoms with Crippen molar-refractivity contribution in [3.8, 4) is 0 Å². The molecule has 3 atom stereocenters. The van der Waals surface area contributed by atoms with Crippen LogP contribution in [0.4, 0.5) is 0 Å². The zero-order valence-electron chi connectivity index (χ0n) is 14.8. The topological polar surface area (TPSA) is 35.5 Å². The number of rotatable bonds is 3. The predicted octanol–water partition coefficient (Wildman–Crippen LogP) is 4.52. The standard InChI is InChI=1S/C17H32O3Si/c1-15(2,3)21(6,7)20-17-11-9-8-10-16(17,4)12-13(17)14(18)19-5/h13H,8-12H2,1-7H3/t13-,16+,17+/m1/s1. The molecule has 0 aromatic rings. The Labute approximate surface area is 130 Å². The van der Waals surface area contributed by atoms with E-state index in [4.69, 9.17) is 9.16 Å². The quantitative estimate of drug-likeness (QED) is 0.568. The fourth-order valence-corrected chi connectivity index (χ4v) is 5.75. The van der Waals surface area contributed by atoms with Crippen LogP contribution in [0.3, 0.4) is 0 Å². The van der Waals surface area contributed by atoms with E-state index in [2.05, 4.69) is 40.8 Å². The monoisotopic (exact) mass is 312 g/mol. The van der Waals surface area contributed by atoms with Crippen molar-refractivity contribution in [1.82, 2.24) is 0 Å². The number of carbonyl (C=O) groups excluding carboxylic acids is 1. The highest BCUT2D eigenvalue weighted by atomic mass is 28.4. The molecule has 2 rings (SSSR count). The minimum atomic E-state index is -1.91. The van der Waals surface area contributed by atoms with E-state index in [0.717, 1.165) is 19.3 Å². The minimum absolute atomic E-state index is 0.0677. The molecule has 0 aromatic heterocycles. The van der Waals surface area contributed by atoms with E-state index in [1.165, 1.54) is 20.0 Å². The molecule has 2 fully saturated rings. The zero-order chi connectivity index (χ0) is 16.1. The van der Waals surface area contributed by atoms with Crippen LogP contribution in [0.1, 0.15) is 59.8 Å². The van der Waals surface area contributed by atoms with Gasteiger partial charge in [0.15, 0.2) is 8.32 Å². The zero-order valence-corrected chi connectivity index (χ0v) is 15.8. The maximum atomic E-state index is 12.2. The van der Waals surface area contributed by atoms with E-state index in [9.17, 15) is 4.79 Å². The van der Waals surface area contributed by atoms with Crippen LogP contribution < -0.4 is 0 Å². The van der Waals surface area contributed by atoms with Crippen molar-refractivity contribution >= 4 is 14.3 Å². The fraction of sp³-hybridized carbons (Fsp3) is 0.941. The van der Waals surface area contributed by atoms with Crippen LogP contribution in [0, 0.1) is 11.3 Å². The summed E-state index contributed by atoms with van der Waals surface area (Å²) in [6.45, 7) is 13.7. The van der Waals surface area contributed by atoms with Crippen LogP contribution in [0.5, 0.6) is 0 Å².